The highest BCUT2D eigenvalue weighted by atomic mass is 16.5. The van der Waals surface area contributed by atoms with Gasteiger partial charge < -0.3 is 20.1 Å². The summed E-state index contributed by atoms with van der Waals surface area (Å²) in [6.45, 7) is 5.76. The first-order chi connectivity index (χ1) is 16.6. The van der Waals surface area contributed by atoms with E-state index in [9.17, 15) is 9.59 Å². The van der Waals surface area contributed by atoms with E-state index in [4.69, 9.17) is 9.47 Å². The molecule has 0 atom stereocenters. The van der Waals surface area contributed by atoms with Gasteiger partial charge >= 0.3 is 0 Å². The van der Waals surface area contributed by atoms with Gasteiger partial charge in [-0.25, -0.2) is 9.97 Å². The Labute approximate surface area is 199 Å². The largest absolute Gasteiger partial charge is 0.477 e. The Hall–Kier alpha value is -3.94. The lowest BCUT2D eigenvalue weighted by molar-refractivity contribution is 0.0938. The zero-order valence-electron chi connectivity index (χ0n) is 19.5. The summed E-state index contributed by atoms with van der Waals surface area (Å²) in [6.07, 6.45) is 5.07. The van der Waals surface area contributed by atoms with Gasteiger partial charge in [0.1, 0.15) is 0 Å². The molecule has 0 unspecified atom stereocenters. The number of amides is 2. The second-order valence-corrected chi connectivity index (χ2v) is 7.57. The first-order valence-electron chi connectivity index (χ1n) is 11.4. The second-order valence-electron chi connectivity index (χ2n) is 7.57. The fraction of sp³-hybridized carbons (Fsp3) is 0.308. The maximum Gasteiger partial charge on any atom is 0.251 e. The summed E-state index contributed by atoms with van der Waals surface area (Å²) in [6, 6.07) is 13.9. The van der Waals surface area contributed by atoms with Gasteiger partial charge in [0, 0.05) is 47.7 Å². The molecule has 2 aromatic heterocycles. The van der Waals surface area contributed by atoms with Crippen LogP contribution in [0.1, 0.15) is 58.5 Å². The molecular weight excluding hydrogens is 432 g/mol. The van der Waals surface area contributed by atoms with Crippen molar-refractivity contribution in [2.75, 3.05) is 13.2 Å². The number of ether oxygens (including phenoxy) is 2. The van der Waals surface area contributed by atoms with Gasteiger partial charge in [-0.15, -0.1) is 0 Å². The summed E-state index contributed by atoms with van der Waals surface area (Å²) in [5.41, 5.74) is 2.52. The van der Waals surface area contributed by atoms with E-state index < -0.39 is 0 Å². The van der Waals surface area contributed by atoms with Crippen LogP contribution in [0.15, 0.2) is 60.9 Å². The van der Waals surface area contributed by atoms with Crippen molar-refractivity contribution in [2.45, 2.75) is 39.8 Å². The Kier molecular flexibility index (Phi) is 9.40. The molecule has 3 aromatic rings. The molecule has 2 N–H and O–H groups in total. The smallest absolute Gasteiger partial charge is 0.251 e. The van der Waals surface area contributed by atoms with Crippen molar-refractivity contribution in [1.82, 2.24) is 20.6 Å². The summed E-state index contributed by atoms with van der Waals surface area (Å²) >= 11 is 0. The molecule has 178 valence electrons. The quantitative estimate of drug-likeness (QED) is 0.423. The van der Waals surface area contributed by atoms with Crippen molar-refractivity contribution in [1.29, 1.82) is 0 Å². The SMILES string of the molecule is CCCOc1ncccc1CNC(=O)c1ccc(C(=O)NCc2cccnc2OCCC)cc1. The average molecular weight is 463 g/mol. The van der Waals surface area contributed by atoms with Gasteiger partial charge in [0.2, 0.25) is 11.8 Å². The van der Waals surface area contributed by atoms with Gasteiger partial charge in [-0.3, -0.25) is 9.59 Å². The lowest BCUT2D eigenvalue weighted by Gasteiger charge is -2.11. The van der Waals surface area contributed by atoms with E-state index in [0.717, 1.165) is 24.0 Å². The zero-order valence-corrected chi connectivity index (χ0v) is 19.5. The predicted octanol–water partition coefficient (Wildman–Crippen LogP) is 3.91. The van der Waals surface area contributed by atoms with Crippen LogP contribution in [-0.2, 0) is 13.1 Å². The number of aromatic nitrogens is 2. The van der Waals surface area contributed by atoms with E-state index in [-0.39, 0.29) is 11.8 Å². The molecule has 2 amide bonds. The van der Waals surface area contributed by atoms with Crippen LogP contribution in [0.2, 0.25) is 0 Å². The lowest BCUT2D eigenvalue weighted by Crippen LogP contribution is -2.25. The highest BCUT2D eigenvalue weighted by molar-refractivity contribution is 5.97. The van der Waals surface area contributed by atoms with E-state index in [1.807, 2.05) is 26.0 Å². The van der Waals surface area contributed by atoms with Crippen LogP contribution < -0.4 is 20.1 Å². The first-order valence-corrected chi connectivity index (χ1v) is 11.4. The molecule has 0 fully saturated rings. The van der Waals surface area contributed by atoms with E-state index in [2.05, 4.69) is 20.6 Å². The maximum atomic E-state index is 12.6. The molecule has 2 heterocycles. The Morgan fingerprint density at radius 2 is 1.12 bits per heavy atom. The maximum absolute atomic E-state index is 12.6. The molecule has 0 bridgehead atoms. The average Bonchev–Trinajstić information content (AvgIpc) is 2.89. The Balaban J connectivity index is 1.55. The predicted molar refractivity (Wildman–Crippen MR) is 129 cm³/mol. The zero-order chi connectivity index (χ0) is 24.2. The number of hydrogen-bond acceptors (Lipinski definition) is 6. The van der Waals surface area contributed by atoms with Crippen molar-refractivity contribution < 1.29 is 19.1 Å². The van der Waals surface area contributed by atoms with E-state index in [0.29, 0.717) is 49.2 Å². The van der Waals surface area contributed by atoms with Crippen molar-refractivity contribution >= 4 is 11.8 Å². The van der Waals surface area contributed by atoms with Gasteiger partial charge in [-0.2, -0.15) is 0 Å². The van der Waals surface area contributed by atoms with Crippen LogP contribution in [-0.4, -0.2) is 35.0 Å². The van der Waals surface area contributed by atoms with Crippen LogP contribution in [0, 0.1) is 0 Å². The third-order valence-electron chi connectivity index (χ3n) is 4.87. The van der Waals surface area contributed by atoms with Crippen LogP contribution >= 0.6 is 0 Å². The molecule has 8 heteroatoms. The molecule has 0 aliphatic rings. The summed E-state index contributed by atoms with van der Waals surface area (Å²) < 4.78 is 11.3. The number of nitrogens with one attached hydrogen (secondary N) is 2. The number of carbonyl (C=O) groups excluding carboxylic acids is 2. The number of hydrogen-bond donors (Lipinski definition) is 2. The topological polar surface area (TPSA) is 102 Å². The fourth-order valence-corrected chi connectivity index (χ4v) is 3.10. The van der Waals surface area contributed by atoms with Crippen molar-refractivity contribution in [3.05, 3.63) is 83.2 Å². The molecule has 0 aliphatic heterocycles. The Bertz CT molecular complexity index is 1000. The minimum atomic E-state index is -0.245. The highest BCUT2D eigenvalue weighted by Crippen LogP contribution is 2.16. The van der Waals surface area contributed by atoms with Crippen LogP contribution in [0.5, 0.6) is 11.8 Å². The number of rotatable bonds is 12. The van der Waals surface area contributed by atoms with Crippen molar-refractivity contribution in [2.24, 2.45) is 0 Å². The van der Waals surface area contributed by atoms with Crippen LogP contribution in [0.25, 0.3) is 0 Å². The monoisotopic (exact) mass is 462 g/mol. The minimum absolute atomic E-state index is 0.245. The van der Waals surface area contributed by atoms with Crippen molar-refractivity contribution in [3.8, 4) is 11.8 Å². The number of carbonyl (C=O) groups is 2. The molecule has 8 nitrogen and oxygen atoms in total. The van der Waals surface area contributed by atoms with Crippen LogP contribution in [0.4, 0.5) is 0 Å². The molecule has 34 heavy (non-hydrogen) atoms. The summed E-state index contributed by atoms with van der Waals surface area (Å²) in [5.74, 6) is 0.553. The van der Waals surface area contributed by atoms with Crippen molar-refractivity contribution in [3.63, 3.8) is 0 Å². The van der Waals surface area contributed by atoms with Gasteiger partial charge in [0.25, 0.3) is 11.8 Å². The van der Waals surface area contributed by atoms with Gasteiger partial charge in [-0.05, 0) is 49.2 Å². The summed E-state index contributed by atoms with van der Waals surface area (Å²) in [4.78, 5) is 33.6. The van der Waals surface area contributed by atoms with E-state index >= 15 is 0 Å². The molecule has 1 aromatic carbocycles. The molecule has 3 rings (SSSR count). The number of benzene rings is 1. The third kappa shape index (κ3) is 7.03. The molecule has 0 radical (unpaired) electrons. The Morgan fingerprint density at radius 1 is 0.706 bits per heavy atom. The van der Waals surface area contributed by atoms with Gasteiger partial charge in [0.05, 0.1) is 13.2 Å². The molecule has 0 spiro atoms. The summed E-state index contributed by atoms with van der Waals surface area (Å²) in [7, 11) is 0. The molecule has 0 saturated carbocycles. The second kappa shape index (κ2) is 12.9. The van der Waals surface area contributed by atoms with E-state index in [1.54, 1.807) is 48.8 Å². The molecule has 0 aliphatic carbocycles. The third-order valence-corrected chi connectivity index (χ3v) is 4.87. The molecule has 0 saturated heterocycles. The number of nitrogens with zero attached hydrogens (tertiary/aromatic N) is 2. The van der Waals surface area contributed by atoms with E-state index in [1.165, 1.54) is 0 Å². The molecular formula is C26H30N4O4. The lowest BCUT2D eigenvalue weighted by atomic mass is 10.1. The highest BCUT2D eigenvalue weighted by Gasteiger charge is 2.12. The normalized spacial score (nSPS) is 10.4. The first kappa shape index (κ1) is 24.7. The van der Waals surface area contributed by atoms with Gasteiger partial charge in [-0.1, -0.05) is 26.0 Å². The Morgan fingerprint density at radius 3 is 1.50 bits per heavy atom. The standard InChI is InChI=1S/C26H30N4O4/c1-3-15-33-25-21(7-5-13-27-25)17-29-23(31)19-9-11-20(12-10-19)24(32)30-18-22-8-6-14-28-26(22)34-16-4-2/h5-14H,3-4,15-18H2,1-2H3,(H,29,31)(H,30,32). The van der Waals surface area contributed by atoms with Crippen LogP contribution in [0.3, 0.4) is 0 Å². The fourth-order valence-electron chi connectivity index (χ4n) is 3.10. The number of pyridine rings is 2. The minimum Gasteiger partial charge on any atom is -0.477 e. The van der Waals surface area contributed by atoms with Gasteiger partial charge in [0.15, 0.2) is 0 Å². The summed E-state index contributed by atoms with van der Waals surface area (Å²) in [5, 5.41) is 5.74.